The third kappa shape index (κ3) is 3.55. The van der Waals surface area contributed by atoms with Gasteiger partial charge in [0.2, 0.25) is 5.91 Å². The van der Waals surface area contributed by atoms with Crippen LogP contribution in [0, 0.1) is 0 Å². The molecule has 0 atom stereocenters. The summed E-state index contributed by atoms with van der Waals surface area (Å²) < 4.78 is 5.54. The molecule has 0 spiro atoms. The van der Waals surface area contributed by atoms with Crippen molar-refractivity contribution in [3.8, 4) is 0 Å². The molecule has 112 valence electrons. The van der Waals surface area contributed by atoms with E-state index in [-0.39, 0.29) is 11.7 Å². The molecule has 7 heteroatoms. The summed E-state index contributed by atoms with van der Waals surface area (Å²) in [6.45, 7) is 0. The molecule has 22 heavy (non-hydrogen) atoms. The molecular weight excluding hydrogens is 343 g/mol. The van der Waals surface area contributed by atoms with Crippen LogP contribution in [0.1, 0.15) is 0 Å². The van der Waals surface area contributed by atoms with Gasteiger partial charge in [0, 0.05) is 5.69 Å². The number of aromatic nitrogens is 1. The number of amides is 1. The summed E-state index contributed by atoms with van der Waals surface area (Å²) in [6.07, 6.45) is 0. The molecule has 0 fully saturated rings. The van der Waals surface area contributed by atoms with Gasteiger partial charge in [-0.1, -0.05) is 47.1 Å². The van der Waals surface area contributed by atoms with Gasteiger partial charge in [0.15, 0.2) is 5.58 Å². The van der Waals surface area contributed by atoms with Crippen LogP contribution in [0.25, 0.3) is 11.1 Å². The molecule has 3 aromatic rings. The van der Waals surface area contributed by atoms with E-state index in [0.29, 0.717) is 26.5 Å². The molecule has 0 unspecified atom stereocenters. The molecule has 0 radical (unpaired) electrons. The number of benzene rings is 2. The monoisotopic (exact) mass is 352 g/mol. The zero-order valence-electron chi connectivity index (χ0n) is 11.2. The molecule has 0 aliphatic carbocycles. The molecule has 1 aromatic heterocycles. The summed E-state index contributed by atoms with van der Waals surface area (Å²) in [5, 5.41) is 4.04. The van der Waals surface area contributed by atoms with Crippen LogP contribution in [-0.4, -0.2) is 16.6 Å². The van der Waals surface area contributed by atoms with Gasteiger partial charge in [-0.05, 0) is 30.3 Å². The molecule has 1 heterocycles. The topological polar surface area (TPSA) is 55.1 Å². The van der Waals surface area contributed by atoms with Crippen LogP contribution in [-0.2, 0) is 4.79 Å². The number of carbonyl (C=O) groups is 1. The van der Waals surface area contributed by atoms with Crippen LogP contribution in [0.3, 0.4) is 0 Å². The number of halogens is 2. The van der Waals surface area contributed by atoms with Crippen LogP contribution in [0.4, 0.5) is 5.69 Å². The third-order valence-corrected chi connectivity index (χ3v) is 4.37. The molecule has 4 nitrogen and oxygen atoms in total. The number of thioether (sulfide) groups is 1. The molecular formula is C15H10Cl2N2O2S. The zero-order valence-corrected chi connectivity index (χ0v) is 13.5. The Morgan fingerprint density at radius 2 is 2.00 bits per heavy atom. The van der Waals surface area contributed by atoms with Gasteiger partial charge in [0.25, 0.3) is 5.22 Å². The van der Waals surface area contributed by atoms with Gasteiger partial charge in [0.1, 0.15) is 5.52 Å². The van der Waals surface area contributed by atoms with E-state index in [4.69, 9.17) is 27.6 Å². The number of hydrogen-bond donors (Lipinski definition) is 1. The summed E-state index contributed by atoms with van der Waals surface area (Å²) in [5.41, 5.74) is 2.07. The molecule has 0 aliphatic rings. The lowest BCUT2D eigenvalue weighted by Gasteiger charge is -2.05. The molecule has 0 saturated carbocycles. The first-order valence-electron chi connectivity index (χ1n) is 6.35. The van der Waals surface area contributed by atoms with Crippen molar-refractivity contribution in [2.45, 2.75) is 5.22 Å². The summed E-state index contributed by atoms with van der Waals surface area (Å²) >= 11 is 13.0. The van der Waals surface area contributed by atoms with Crippen molar-refractivity contribution in [2.75, 3.05) is 11.1 Å². The maximum absolute atomic E-state index is 11.9. The van der Waals surface area contributed by atoms with Crippen LogP contribution in [0.15, 0.2) is 52.1 Å². The predicted octanol–water partition coefficient (Wildman–Crippen LogP) is 4.87. The smallest absolute Gasteiger partial charge is 0.257 e. The lowest BCUT2D eigenvalue weighted by atomic mass is 10.3. The van der Waals surface area contributed by atoms with Crippen molar-refractivity contribution in [3.05, 3.63) is 52.5 Å². The Bertz CT molecular complexity index is 802. The summed E-state index contributed by atoms with van der Waals surface area (Å²) in [5.74, 6) is 0.0122. The van der Waals surface area contributed by atoms with Crippen LogP contribution in [0.5, 0.6) is 0 Å². The quantitative estimate of drug-likeness (QED) is 0.680. The van der Waals surface area contributed by atoms with Gasteiger partial charge in [-0.3, -0.25) is 4.79 Å². The first kappa shape index (κ1) is 15.2. The molecule has 1 amide bonds. The number of rotatable bonds is 4. The Morgan fingerprint density at radius 3 is 2.77 bits per heavy atom. The lowest BCUT2D eigenvalue weighted by molar-refractivity contribution is -0.113. The highest BCUT2D eigenvalue weighted by molar-refractivity contribution is 7.99. The maximum atomic E-state index is 11.9. The number of hydrogen-bond acceptors (Lipinski definition) is 4. The minimum absolute atomic E-state index is 0.175. The Hall–Kier alpha value is -1.69. The number of carbonyl (C=O) groups excluding carboxylic acids is 1. The Morgan fingerprint density at radius 1 is 1.18 bits per heavy atom. The minimum atomic E-state index is -0.175. The molecule has 0 bridgehead atoms. The first-order chi connectivity index (χ1) is 10.6. The van der Waals surface area contributed by atoms with Gasteiger partial charge in [-0.2, -0.15) is 0 Å². The molecule has 3 rings (SSSR count). The Balaban J connectivity index is 1.60. The molecule has 1 N–H and O–H groups in total. The minimum Gasteiger partial charge on any atom is -0.431 e. The second-order valence-electron chi connectivity index (χ2n) is 4.41. The molecule has 0 aliphatic heterocycles. The largest absolute Gasteiger partial charge is 0.431 e. The number of para-hydroxylation sites is 2. The summed E-state index contributed by atoms with van der Waals surface area (Å²) in [7, 11) is 0. The second kappa shape index (κ2) is 6.60. The van der Waals surface area contributed by atoms with Crippen molar-refractivity contribution < 1.29 is 9.21 Å². The van der Waals surface area contributed by atoms with E-state index in [0.717, 1.165) is 5.52 Å². The van der Waals surface area contributed by atoms with Crippen molar-refractivity contribution >= 4 is 57.7 Å². The van der Waals surface area contributed by atoms with Crippen molar-refractivity contribution in [1.82, 2.24) is 4.98 Å². The van der Waals surface area contributed by atoms with Crippen LogP contribution >= 0.6 is 35.0 Å². The van der Waals surface area contributed by atoms with E-state index in [1.807, 2.05) is 24.3 Å². The zero-order chi connectivity index (χ0) is 15.5. The highest BCUT2D eigenvalue weighted by atomic mass is 35.5. The standard InChI is InChI=1S/C15H10Cl2N2O2S/c16-10-6-5-9(7-11(10)17)18-14(20)8-22-15-19-12-3-1-2-4-13(12)21-15/h1-7H,8H2,(H,18,20). The van der Waals surface area contributed by atoms with E-state index >= 15 is 0 Å². The fourth-order valence-corrected chi connectivity index (χ4v) is 2.75. The SMILES string of the molecule is O=C(CSc1nc2ccccc2o1)Nc1ccc(Cl)c(Cl)c1. The van der Waals surface area contributed by atoms with E-state index < -0.39 is 0 Å². The second-order valence-corrected chi connectivity index (χ2v) is 6.15. The van der Waals surface area contributed by atoms with Crippen molar-refractivity contribution in [3.63, 3.8) is 0 Å². The first-order valence-corrected chi connectivity index (χ1v) is 8.09. The van der Waals surface area contributed by atoms with E-state index in [1.54, 1.807) is 18.2 Å². The predicted molar refractivity (Wildman–Crippen MR) is 89.8 cm³/mol. The highest BCUT2D eigenvalue weighted by Gasteiger charge is 2.10. The third-order valence-electron chi connectivity index (χ3n) is 2.80. The van der Waals surface area contributed by atoms with Gasteiger partial charge < -0.3 is 9.73 Å². The van der Waals surface area contributed by atoms with Crippen LogP contribution in [0.2, 0.25) is 10.0 Å². The Labute approximate surface area is 140 Å². The number of anilines is 1. The fraction of sp³-hybridized carbons (Fsp3) is 0.0667. The average Bonchev–Trinajstić information content (AvgIpc) is 2.92. The fourth-order valence-electron chi connectivity index (χ4n) is 1.81. The molecule has 2 aromatic carbocycles. The van der Waals surface area contributed by atoms with Gasteiger partial charge in [-0.15, -0.1) is 0 Å². The van der Waals surface area contributed by atoms with E-state index in [2.05, 4.69) is 10.3 Å². The van der Waals surface area contributed by atoms with Crippen LogP contribution < -0.4 is 5.32 Å². The van der Waals surface area contributed by atoms with Gasteiger partial charge >= 0.3 is 0 Å². The van der Waals surface area contributed by atoms with Gasteiger partial charge in [0.05, 0.1) is 15.8 Å². The summed E-state index contributed by atoms with van der Waals surface area (Å²) in [6, 6.07) is 12.4. The number of nitrogens with one attached hydrogen (secondary N) is 1. The highest BCUT2D eigenvalue weighted by Crippen LogP contribution is 2.26. The van der Waals surface area contributed by atoms with E-state index in [1.165, 1.54) is 11.8 Å². The normalized spacial score (nSPS) is 10.8. The van der Waals surface area contributed by atoms with E-state index in [9.17, 15) is 4.79 Å². The Kier molecular flexibility index (Phi) is 4.57. The maximum Gasteiger partial charge on any atom is 0.257 e. The van der Waals surface area contributed by atoms with Gasteiger partial charge in [-0.25, -0.2) is 4.98 Å². The van der Waals surface area contributed by atoms with Crippen molar-refractivity contribution in [1.29, 1.82) is 0 Å². The van der Waals surface area contributed by atoms with Crippen molar-refractivity contribution in [2.24, 2.45) is 0 Å². The number of nitrogens with zero attached hydrogens (tertiary/aromatic N) is 1. The lowest BCUT2D eigenvalue weighted by Crippen LogP contribution is -2.13. The number of fused-ring (bicyclic) bond motifs is 1. The summed E-state index contributed by atoms with van der Waals surface area (Å²) in [4.78, 5) is 16.2. The number of oxazole rings is 1. The molecule has 0 saturated heterocycles. The average molecular weight is 353 g/mol.